The van der Waals surface area contributed by atoms with E-state index >= 15 is 0 Å². The van der Waals surface area contributed by atoms with Crippen LogP contribution in [0.5, 0.6) is 0 Å². The molecule has 0 saturated carbocycles. The summed E-state index contributed by atoms with van der Waals surface area (Å²) in [4.78, 5) is 12.6. The Balaban J connectivity index is 1.99. The molecule has 1 nitrogen and oxygen atoms in total. The van der Waals surface area contributed by atoms with Crippen LogP contribution in [0.15, 0.2) is 60.7 Å². The van der Waals surface area contributed by atoms with Gasteiger partial charge in [-0.05, 0) is 34.5 Å². The first-order valence-corrected chi connectivity index (χ1v) is 7.35. The summed E-state index contributed by atoms with van der Waals surface area (Å²) in [5.41, 5.74) is 1.46. The third kappa shape index (κ3) is 2.94. The summed E-state index contributed by atoms with van der Waals surface area (Å²) >= 11 is 12.1. The molecule has 3 rings (SSSR count). The van der Waals surface area contributed by atoms with Crippen molar-refractivity contribution in [2.24, 2.45) is 0 Å². The second-order valence-corrected chi connectivity index (χ2v) is 5.71. The molecule has 0 bridgehead atoms. The number of ketones is 1. The Kier molecular flexibility index (Phi) is 3.96. The van der Waals surface area contributed by atoms with Crippen LogP contribution in [0.3, 0.4) is 0 Å². The molecule has 3 aromatic carbocycles. The lowest BCUT2D eigenvalue weighted by Gasteiger charge is -2.07. The summed E-state index contributed by atoms with van der Waals surface area (Å²) in [6.45, 7) is 0. The number of halogens is 2. The number of benzene rings is 3. The van der Waals surface area contributed by atoms with Crippen LogP contribution < -0.4 is 0 Å². The summed E-state index contributed by atoms with van der Waals surface area (Å²) in [5, 5.41) is 3.16. The van der Waals surface area contributed by atoms with Crippen LogP contribution in [-0.2, 0) is 6.42 Å². The number of rotatable bonds is 3. The van der Waals surface area contributed by atoms with E-state index < -0.39 is 0 Å². The van der Waals surface area contributed by atoms with Gasteiger partial charge < -0.3 is 0 Å². The highest BCUT2D eigenvalue weighted by atomic mass is 35.5. The normalized spacial score (nSPS) is 10.8. The van der Waals surface area contributed by atoms with Crippen LogP contribution in [0.25, 0.3) is 10.8 Å². The molecule has 0 unspecified atom stereocenters. The van der Waals surface area contributed by atoms with Crippen LogP contribution >= 0.6 is 23.2 Å². The lowest BCUT2D eigenvalue weighted by atomic mass is 9.97. The van der Waals surface area contributed by atoms with Gasteiger partial charge in [-0.25, -0.2) is 0 Å². The van der Waals surface area contributed by atoms with E-state index in [1.807, 2.05) is 42.5 Å². The van der Waals surface area contributed by atoms with Crippen LogP contribution in [0.1, 0.15) is 15.9 Å². The Morgan fingerprint density at radius 2 is 1.67 bits per heavy atom. The molecule has 0 aliphatic carbocycles. The van der Waals surface area contributed by atoms with Crippen LogP contribution in [-0.4, -0.2) is 5.78 Å². The second kappa shape index (κ2) is 5.88. The van der Waals surface area contributed by atoms with Gasteiger partial charge in [-0.15, -0.1) is 0 Å². The highest BCUT2D eigenvalue weighted by molar-refractivity contribution is 6.33. The van der Waals surface area contributed by atoms with Gasteiger partial charge in [0.2, 0.25) is 0 Å². The van der Waals surface area contributed by atoms with E-state index in [1.54, 1.807) is 18.2 Å². The quantitative estimate of drug-likeness (QED) is 0.577. The molecule has 0 aliphatic rings. The van der Waals surface area contributed by atoms with E-state index in [4.69, 9.17) is 23.2 Å². The molecule has 0 spiro atoms. The van der Waals surface area contributed by atoms with Gasteiger partial charge in [0.05, 0.1) is 0 Å². The van der Waals surface area contributed by atoms with Crippen molar-refractivity contribution < 1.29 is 4.79 Å². The van der Waals surface area contributed by atoms with Crippen LogP contribution in [0, 0.1) is 0 Å². The summed E-state index contributed by atoms with van der Waals surface area (Å²) < 4.78 is 0. The molecule has 0 atom stereocenters. The fourth-order valence-corrected chi connectivity index (χ4v) is 2.79. The Morgan fingerprint density at radius 3 is 2.52 bits per heavy atom. The Bertz CT molecular complexity index is 819. The van der Waals surface area contributed by atoms with E-state index in [-0.39, 0.29) is 12.2 Å². The molecule has 3 aromatic rings. The number of fused-ring (bicyclic) bond motifs is 1. The van der Waals surface area contributed by atoms with E-state index in [0.717, 1.165) is 16.3 Å². The monoisotopic (exact) mass is 314 g/mol. The van der Waals surface area contributed by atoms with Gasteiger partial charge in [0.1, 0.15) is 0 Å². The predicted molar refractivity (Wildman–Crippen MR) is 88.4 cm³/mol. The van der Waals surface area contributed by atoms with Crippen molar-refractivity contribution in [2.75, 3.05) is 0 Å². The molecular weight excluding hydrogens is 303 g/mol. The molecule has 3 heteroatoms. The van der Waals surface area contributed by atoms with Gasteiger partial charge >= 0.3 is 0 Å². The summed E-state index contributed by atoms with van der Waals surface area (Å²) in [5.74, 6) is 0.0379. The van der Waals surface area contributed by atoms with Crippen molar-refractivity contribution in [3.8, 4) is 0 Å². The topological polar surface area (TPSA) is 17.1 Å². The van der Waals surface area contributed by atoms with Crippen molar-refractivity contribution in [3.63, 3.8) is 0 Å². The molecule has 0 fully saturated rings. The Hall–Kier alpha value is -1.83. The lowest BCUT2D eigenvalue weighted by molar-refractivity contribution is 0.0994. The average Bonchev–Trinajstić information content (AvgIpc) is 2.50. The minimum atomic E-state index is 0.0379. The first-order valence-electron chi connectivity index (χ1n) is 6.60. The maximum Gasteiger partial charge on any atom is 0.167 e. The third-order valence-corrected chi connectivity index (χ3v) is 4.05. The van der Waals surface area contributed by atoms with E-state index in [0.29, 0.717) is 15.6 Å². The van der Waals surface area contributed by atoms with Crippen LogP contribution in [0.4, 0.5) is 0 Å². The maximum atomic E-state index is 12.6. The average molecular weight is 315 g/mol. The van der Waals surface area contributed by atoms with Gasteiger partial charge in [-0.2, -0.15) is 0 Å². The smallest absolute Gasteiger partial charge is 0.167 e. The zero-order valence-corrected chi connectivity index (χ0v) is 12.7. The lowest BCUT2D eigenvalue weighted by Crippen LogP contribution is -2.04. The van der Waals surface area contributed by atoms with Crippen molar-refractivity contribution in [1.82, 2.24) is 0 Å². The fourth-order valence-electron chi connectivity index (χ4n) is 2.42. The molecule has 0 radical (unpaired) electrons. The molecule has 104 valence electrons. The molecule has 0 aliphatic heterocycles. The summed E-state index contributed by atoms with van der Waals surface area (Å²) in [6, 6.07) is 18.8. The Labute approximate surface area is 133 Å². The van der Waals surface area contributed by atoms with Crippen molar-refractivity contribution in [1.29, 1.82) is 0 Å². The third-order valence-electron chi connectivity index (χ3n) is 3.45. The van der Waals surface area contributed by atoms with E-state index in [1.165, 1.54) is 0 Å². The van der Waals surface area contributed by atoms with Crippen molar-refractivity contribution in [3.05, 3.63) is 81.8 Å². The molecule has 0 heterocycles. The zero-order valence-electron chi connectivity index (χ0n) is 11.1. The van der Waals surface area contributed by atoms with Gasteiger partial charge in [0.15, 0.2) is 5.78 Å². The predicted octanol–water partition coefficient (Wildman–Crippen LogP) is 5.57. The van der Waals surface area contributed by atoms with E-state index in [2.05, 4.69) is 0 Å². The molecule has 21 heavy (non-hydrogen) atoms. The largest absolute Gasteiger partial charge is 0.294 e. The minimum Gasteiger partial charge on any atom is -0.294 e. The SMILES string of the molecule is O=C(Cc1cc(Cl)ccc1Cl)c1cccc2ccccc12. The van der Waals surface area contributed by atoms with Gasteiger partial charge in [-0.1, -0.05) is 65.7 Å². The van der Waals surface area contributed by atoms with Crippen molar-refractivity contribution in [2.45, 2.75) is 6.42 Å². The first-order chi connectivity index (χ1) is 10.1. The van der Waals surface area contributed by atoms with Crippen molar-refractivity contribution >= 4 is 39.8 Å². The first kappa shape index (κ1) is 14.1. The number of carbonyl (C=O) groups is 1. The molecular formula is C18H12Cl2O. The summed E-state index contributed by atoms with van der Waals surface area (Å²) in [7, 11) is 0. The highest BCUT2D eigenvalue weighted by Crippen LogP contribution is 2.24. The fraction of sp³-hybridized carbons (Fsp3) is 0.0556. The highest BCUT2D eigenvalue weighted by Gasteiger charge is 2.12. The number of hydrogen-bond acceptors (Lipinski definition) is 1. The standard InChI is InChI=1S/C18H12Cl2O/c19-14-8-9-17(20)13(10-14)11-18(21)16-7-3-5-12-4-1-2-6-15(12)16/h1-10H,11H2. The number of carbonyl (C=O) groups excluding carboxylic acids is 1. The van der Waals surface area contributed by atoms with Gasteiger partial charge in [0, 0.05) is 22.0 Å². The minimum absolute atomic E-state index is 0.0379. The molecule has 0 amide bonds. The number of hydrogen-bond donors (Lipinski definition) is 0. The zero-order chi connectivity index (χ0) is 14.8. The number of Topliss-reactive ketones (excluding diaryl/α,β-unsaturated/α-hetero) is 1. The Morgan fingerprint density at radius 1 is 0.905 bits per heavy atom. The molecule has 0 aromatic heterocycles. The maximum absolute atomic E-state index is 12.6. The van der Waals surface area contributed by atoms with Gasteiger partial charge in [0.25, 0.3) is 0 Å². The summed E-state index contributed by atoms with van der Waals surface area (Å²) in [6.07, 6.45) is 0.243. The molecule has 0 saturated heterocycles. The second-order valence-electron chi connectivity index (χ2n) is 4.86. The van der Waals surface area contributed by atoms with Crippen LogP contribution in [0.2, 0.25) is 10.0 Å². The molecule has 0 N–H and O–H groups in total. The van der Waals surface area contributed by atoms with E-state index in [9.17, 15) is 4.79 Å². The van der Waals surface area contributed by atoms with Gasteiger partial charge in [-0.3, -0.25) is 4.79 Å².